The maximum absolute atomic E-state index is 11.8. The summed E-state index contributed by atoms with van der Waals surface area (Å²) in [6.45, 7) is 2.86. The van der Waals surface area contributed by atoms with E-state index in [9.17, 15) is 4.79 Å². The summed E-state index contributed by atoms with van der Waals surface area (Å²) in [6.07, 6.45) is 13.1. The van der Waals surface area contributed by atoms with Crippen LogP contribution < -0.4 is 0 Å². The molecule has 4 fully saturated rings. The van der Waals surface area contributed by atoms with Crippen LogP contribution in [0.25, 0.3) is 0 Å². The number of unbranched alkanes of at least 4 members (excludes halogenated alkanes) is 2. The zero-order valence-electron chi connectivity index (χ0n) is 13.0. The van der Waals surface area contributed by atoms with Crippen molar-refractivity contribution in [3.63, 3.8) is 0 Å². The van der Waals surface area contributed by atoms with Gasteiger partial charge in [-0.1, -0.05) is 19.8 Å². The summed E-state index contributed by atoms with van der Waals surface area (Å²) in [7, 11) is 0. The minimum atomic E-state index is 0.179. The van der Waals surface area contributed by atoms with Crippen molar-refractivity contribution in [3.8, 4) is 0 Å². The van der Waals surface area contributed by atoms with Gasteiger partial charge in [0.05, 0.1) is 12.2 Å². The second kappa shape index (κ2) is 6.17. The van der Waals surface area contributed by atoms with Crippen molar-refractivity contribution < 1.29 is 9.53 Å². The molecule has 0 aliphatic heterocycles. The van der Waals surface area contributed by atoms with E-state index in [0.717, 1.165) is 30.6 Å². The van der Waals surface area contributed by atoms with Crippen LogP contribution in [0, 0.1) is 17.8 Å². The highest BCUT2D eigenvalue weighted by Crippen LogP contribution is 2.57. The molecule has 0 amide bonds. The fourth-order valence-corrected chi connectivity index (χ4v) is 5.29. The molecule has 0 radical (unpaired) electrons. The number of carbonyl (C=O) groups is 1. The third-order valence-electron chi connectivity index (χ3n) is 5.83. The van der Waals surface area contributed by atoms with E-state index in [1.807, 2.05) is 0 Å². The molecule has 0 heterocycles. The van der Waals surface area contributed by atoms with Crippen molar-refractivity contribution in [1.29, 1.82) is 0 Å². The molecule has 2 nitrogen and oxygen atoms in total. The van der Waals surface area contributed by atoms with Crippen molar-refractivity contribution >= 4 is 5.78 Å². The van der Waals surface area contributed by atoms with E-state index in [0.29, 0.717) is 18.8 Å². The zero-order chi connectivity index (χ0) is 14.0. The van der Waals surface area contributed by atoms with Crippen LogP contribution >= 0.6 is 0 Å². The summed E-state index contributed by atoms with van der Waals surface area (Å²) in [5.74, 6) is 3.20. The van der Waals surface area contributed by atoms with E-state index >= 15 is 0 Å². The first kappa shape index (κ1) is 14.6. The molecular formula is C18H30O2. The van der Waals surface area contributed by atoms with Gasteiger partial charge in [-0.05, 0) is 62.7 Å². The number of rotatable bonds is 8. The smallest absolute Gasteiger partial charge is 0.135 e. The zero-order valence-corrected chi connectivity index (χ0v) is 13.0. The molecule has 0 aromatic carbocycles. The molecule has 4 aliphatic rings. The van der Waals surface area contributed by atoms with Crippen molar-refractivity contribution in [3.05, 3.63) is 0 Å². The molecule has 4 bridgehead atoms. The molecule has 4 saturated carbocycles. The maximum Gasteiger partial charge on any atom is 0.135 e. The SMILES string of the molecule is CCCCCC(=O)CCOC12CC3CC(CC(C3)C1)C2. The Labute approximate surface area is 123 Å². The lowest BCUT2D eigenvalue weighted by molar-refractivity contribution is -0.164. The minimum absolute atomic E-state index is 0.179. The van der Waals surface area contributed by atoms with Crippen molar-refractivity contribution in [1.82, 2.24) is 0 Å². The van der Waals surface area contributed by atoms with Crippen LogP contribution in [0.1, 0.15) is 77.6 Å². The summed E-state index contributed by atoms with van der Waals surface area (Å²) in [5.41, 5.74) is 0.179. The first-order chi connectivity index (χ1) is 9.69. The molecule has 0 unspecified atom stereocenters. The van der Waals surface area contributed by atoms with Gasteiger partial charge in [0.15, 0.2) is 0 Å². The van der Waals surface area contributed by atoms with Crippen LogP contribution in [-0.4, -0.2) is 18.0 Å². The van der Waals surface area contributed by atoms with Crippen molar-refractivity contribution in [2.45, 2.75) is 83.2 Å². The highest BCUT2D eigenvalue weighted by atomic mass is 16.5. The van der Waals surface area contributed by atoms with Crippen LogP contribution in [0.5, 0.6) is 0 Å². The summed E-state index contributed by atoms with van der Waals surface area (Å²) in [4.78, 5) is 11.8. The van der Waals surface area contributed by atoms with Gasteiger partial charge in [0.1, 0.15) is 5.78 Å². The Morgan fingerprint density at radius 2 is 1.60 bits per heavy atom. The molecule has 4 rings (SSSR count). The molecule has 20 heavy (non-hydrogen) atoms. The Kier molecular flexibility index (Phi) is 4.49. The molecular weight excluding hydrogens is 248 g/mol. The average molecular weight is 278 g/mol. The molecule has 0 N–H and O–H groups in total. The standard InChI is InChI=1S/C18H30O2/c1-2-3-4-5-17(19)6-7-20-18-11-14-8-15(12-18)10-16(9-14)13-18/h14-16H,2-13H2,1H3. The molecule has 114 valence electrons. The Balaban J connectivity index is 1.41. The monoisotopic (exact) mass is 278 g/mol. The Morgan fingerprint density at radius 1 is 1.00 bits per heavy atom. The van der Waals surface area contributed by atoms with Gasteiger partial charge in [-0.2, -0.15) is 0 Å². The van der Waals surface area contributed by atoms with E-state index in [4.69, 9.17) is 4.74 Å². The molecule has 0 saturated heterocycles. The number of ether oxygens (including phenoxy) is 1. The van der Waals surface area contributed by atoms with Crippen LogP contribution in [0.2, 0.25) is 0 Å². The Morgan fingerprint density at radius 3 is 2.15 bits per heavy atom. The van der Waals surface area contributed by atoms with Gasteiger partial charge in [-0.25, -0.2) is 0 Å². The Hall–Kier alpha value is -0.370. The van der Waals surface area contributed by atoms with Gasteiger partial charge in [0.2, 0.25) is 0 Å². The van der Waals surface area contributed by atoms with E-state index in [1.54, 1.807) is 0 Å². The quantitative estimate of drug-likeness (QED) is 0.611. The van der Waals surface area contributed by atoms with E-state index in [1.165, 1.54) is 51.4 Å². The van der Waals surface area contributed by atoms with Crippen LogP contribution in [0.4, 0.5) is 0 Å². The third-order valence-corrected chi connectivity index (χ3v) is 5.83. The van der Waals surface area contributed by atoms with Crippen LogP contribution in [0.15, 0.2) is 0 Å². The fraction of sp³-hybridized carbons (Fsp3) is 0.944. The van der Waals surface area contributed by atoms with E-state index in [2.05, 4.69) is 6.92 Å². The molecule has 0 aromatic heterocycles. The van der Waals surface area contributed by atoms with E-state index < -0.39 is 0 Å². The first-order valence-electron chi connectivity index (χ1n) is 8.85. The fourth-order valence-electron chi connectivity index (χ4n) is 5.29. The average Bonchev–Trinajstić information content (AvgIpc) is 2.37. The maximum atomic E-state index is 11.8. The first-order valence-corrected chi connectivity index (χ1v) is 8.85. The summed E-state index contributed by atoms with van der Waals surface area (Å²) in [5, 5.41) is 0. The minimum Gasteiger partial charge on any atom is -0.375 e. The largest absolute Gasteiger partial charge is 0.375 e. The summed E-state index contributed by atoms with van der Waals surface area (Å²) >= 11 is 0. The third kappa shape index (κ3) is 3.27. The lowest BCUT2D eigenvalue weighted by Gasteiger charge is -2.56. The lowest BCUT2D eigenvalue weighted by Crippen LogP contribution is -2.52. The number of Topliss-reactive ketones (excluding diaryl/α,β-unsaturated/α-hetero) is 1. The molecule has 0 aromatic rings. The van der Waals surface area contributed by atoms with E-state index in [-0.39, 0.29) is 5.60 Å². The predicted octanol–water partition coefficient (Wildman–Crippen LogP) is 4.51. The van der Waals surface area contributed by atoms with Gasteiger partial charge in [-0.3, -0.25) is 4.79 Å². The van der Waals surface area contributed by atoms with Crippen LogP contribution in [-0.2, 0) is 9.53 Å². The van der Waals surface area contributed by atoms with Gasteiger partial charge < -0.3 is 4.74 Å². The van der Waals surface area contributed by atoms with Gasteiger partial charge in [0, 0.05) is 12.8 Å². The number of hydrogen-bond donors (Lipinski definition) is 0. The number of hydrogen-bond acceptors (Lipinski definition) is 2. The number of carbonyl (C=O) groups excluding carboxylic acids is 1. The van der Waals surface area contributed by atoms with Crippen LogP contribution in [0.3, 0.4) is 0 Å². The normalized spacial score (nSPS) is 38.4. The molecule has 2 heteroatoms. The summed E-state index contributed by atoms with van der Waals surface area (Å²) in [6, 6.07) is 0. The van der Waals surface area contributed by atoms with Gasteiger partial charge >= 0.3 is 0 Å². The second-order valence-corrected chi connectivity index (χ2v) is 7.69. The topological polar surface area (TPSA) is 26.3 Å². The number of ketones is 1. The summed E-state index contributed by atoms with van der Waals surface area (Å²) < 4.78 is 6.30. The molecule has 0 spiro atoms. The van der Waals surface area contributed by atoms with Crippen molar-refractivity contribution in [2.75, 3.05) is 6.61 Å². The Bertz CT molecular complexity index is 312. The lowest BCUT2D eigenvalue weighted by atomic mass is 9.54. The van der Waals surface area contributed by atoms with Gasteiger partial charge in [0.25, 0.3) is 0 Å². The van der Waals surface area contributed by atoms with Gasteiger partial charge in [-0.15, -0.1) is 0 Å². The highest BCUT2D eigenvalue weighted by Gasteiger charge is 2.51. The predicted molar refractivity (Wildman–Crippen MR) is 80.6 cm³/mol. The highest BCUT2D eigenvalue weighted by molar-refractivity contribution is 5.78. The second-order valence-electron chi connectivity index (χ2n) is 7.69. The molecule has 0 atom stereocenters. The van der Waals surface area contributed by atoms with Crippen molar-refractivity contribution in [2.24, 2.45) is 17.8 Å². The molecule has 4 aliphatic carbocycles.